The zero-order valence-electron chi connectivity index (χ0n) is 15.6. The lowest BCUT2D eigenvalue weighted by Crippen LogP contribution is -2.06. The molecule has 4 rings (SSSR count). The van der Waals surface area contributed by atoms with E-state index in [2.05, 4.69) is 15.1 Å². The predicted molar refractivity (Wildman–Crippen MR) is 108 cm³/mol. The Balaban J connectivity index is 1.80. The average molecular weight is 373 g/mol. The summed E-state index contributed by atoms with van der Waals surface area (Å²) < 4.78 is 6.85. The lowest BCUT2D eigenvalue weighted by atomic mass is 9.99. The van der Waals surface area contributed by atoms with Crippen LogP contribution in [0.3, 0.4) is 0 Å². The lowest BCUT2D eigenvalue weighted by Gasteiger charge is -2.10. The number of aromatic nitrogens is 4. The molecule has 0 aliphatic rings. The SMILES string of the molecule is CCOC(=O)c1cnc2c(N)ncc(-c3ccc(-c4cnn(C)c4)cc3)c2c1. The number of aryl methyl sites for hydroxylation is 1. The number of carbonyl (C=O) groups excluding carboxylic acids is 1. The number of anilines is 1. The van der Waals surface area contributed by atoms with Crippen LogP contribution in [0.1, 0.15) is 17.3 Å². The fraction of sp³-hybridized carbons (Fsp3) is 0.143. The van der Waals surface area contributed by atoms with Gasteiger partial charge >= 0.3 is 5.97 Å². The molecular weight excluding hydrogens is 354 g/mol. The third-order valence-corrected chi connectivity index (χ3v) is 4.50. The van der Waals surface area contributed by atoms with Gasteiger partial charge in [0.15, 0.2) is 0 Å². The molecule has 28 heavy (non-hydrogen) atoms. The van der Waals surface area contributed by atoms with Crippen LogP contribution in [0.4, 0.5) is 5.82 Å². The number of pyridine rings is 2. The Bertz CT molecular complexity index is 1170. The summed E-state index contributed by atoms with van der Waals surface area (Å²) in [6, 6.07) is 9.81. The van der Waals surface area contributed by atoms with Crippen LogP contribution < -0.4 is 5.73 Å². The van der Waals surface area contributed by atoms with Gasteiger partial charge in [0.05, 0.1) is 18.4 Å². The molecule has 0 fully saturated rings. The van der Waals surface area contributed by atoms with Gasteiger partial charge in [-0.1, -0.05) is 24.3 Å². The van der Waals surface area contributed by atoms with Gasteiger partial charge < -0.3 is 10.5 Å². The molecule has 0 radical (unpaired) electrons. The third-order valence-electron chi connectivity index (χ3n) is 4.50. The fourth-order valence-corrected chi connectivity index (χ4v) is 3.11. The van der Waals surface area contributed by atoms with Crippen LogP contribution >= 0.6 is 0 Å². The van der Waals surface area contributed by atoms with Crippen molar-refractivity contribution in [3.05, 3.63) is 60.7 Å². The lowest BCUT2D eigenvalue weighted by molar-refractivity contribution is 0.0526. The fourth-order valence-electron chi connectivity index (χ4n) is 3.11. The number of nitrogens with zero attached hydrogens (tertiary/aromatic N) is 4. The van der Waals surface area contributed by atoms with Crippen LogP contribution in [0.15, 0.2) is 55.1 Å². The van der Waals surface area contributed by atoms with Gasteiger partial charge in [0.2, 0.25) is 0 Å². The second kappa shape index (κ2) is 7.11. The molecule has 0 saturated heterocycles. The molecule has 3 aromatic heterocycles. The molecule has 7 heteroatoms. The van der Waals surface area contributed by atoms with E-state index < -0.39 is 5.97 Å². The summed E-state index contributed by atoms with van der Waals surface area (Å²) in [5.41, 5.74) is 10.8. The summed E-state index contributed by atoms with van der Waals surface area (Å²) >= 11 is 0. The molecule has 7 nitrogen and oxygen atoms in total. The number of carbonyl (C=O) groups is 1. The first-order valence-corrected chi connectivity index (χ1v) is 8.87. The van der Waals surface area contributed by atoms with E-state index in [0.717, 1.165) is 27.6 Å². The van der Waals surface area contributed by atoms with E-state index in [1.54, 1.807) is 23.9 Å². The molecule has 0 atom stereocenters. The standard InChI is InChI=1S/C21H19N5O2/c1-3-28-21(27)15-8-17-18(11-24-20(22)19(17)23-9-15)14-6-4-13(5-7-14)16-10-25-26(2)12-16/h4-12H,3H2,1-2H3,(H2,22,24). The summed E-state index contributed by atoms with van der Waals surface area (Å²) in [6.07, 6.45) is 6.95. The highest BCUT2D eigenvalue weighted by Gasteiger charge is 2.14. The molecule has 0 aliphatic heterocycles. The minimum Gasteiger partial charge on any atom is -0.462 e. The molecule has 3 heterocycles. The van der Waals surface area contributed by atoms with Gasteiger partial charge in [-0.2, -0.15) is 5.10 Å². The van der Waals surface area contributed by atoms with Gasteiger partial charge in [-0.3, -0.25) is 9.67 Å². The molecular formula is C21H19N5O2. The quantitative estimate of drug-likeness (QED) is 0.550. The van der Waals surface area contributed by atoms with Crippen LogP contribution in [0.2, 0.25) is 0 Å². The summed E-state index contributed by atoms with van der Waals surface area (Å²) in [5.74, 6) is -0.0914. The van der Waals surface area contributed by atoms with E-state index in [1.165, 1.54) is 6.20 Å². The molecule has 0 unspecified atom stereocenters. The van der Waals surface area contributed by atoms with Crippen LogP contribution in [0.5, 0.6) is 0 Å². The smallest absolute Gasteiger partial charge is 0.339 e. The number of fused-ring (bicyclic) bond motifs is 1. The van der Waals surface area contributed by atoms with Gasteiger partial charge in [-0.15, -0.1) is 0 Å². The number of esters is 1. The van der Waals surface area contributed by atoms with Gasteiger partial charge in [0, 0.05) is 42.2 Å². The first-order chi connectivity index (χ1) is 13.6. The van der Waals surface area contributed by atoms with E-state index >= 15 is 0 Å². The number of ether oxygens (including phenoxy) is 1. The summed E-state index contributed by atoms with van der Waals surface area (Å²) in [5, 5.41) is 4.96. The molecule has 140 valence electrons. The summed E-state index contributed by atoms with van der Waals surface area (Å²) in [7, 11) is 1.89. The van der Waals surface area contributed by atoms with Crippen LogP contribution in [-0.2, 0) is 11.8 Å². The molecule has 0 aliphatic carbocycles. The van der Waals surface area contributed by atoms with Gasteiger partial charge in [0.1, 0.15) is 11.3 Å². The highest BCUT2D eigenvalue weighted by Crippen LogP contribution is 2.31. The first-order valence-electron chi connectivity index (χ1n) is 8.87. The number of benzene rings is 1. The van der Waals surface area contributed by atoms with Crippen molar-refractivity contribution in [2.75, 3.05) is 12.3 Å². The topological polar surface area (TPSA) is 95.9 Å². The Labute approximate surface area is 161 Å². The minimum atomic E-state index is -0.412. The van der Waals surface area contributed by atoms with Crippen LogP contribution in [-0.4, -0.2) is 32.3 Å². The van der Waals surface area contributed by atoms with Crippen molar-refractivity contribution < 1.29 is 9.53 Å². The maximum absolute atomic E-state index is 12.1. The van der Waals surface area contributed by atoms with Crippen molar-refractivity contribution in [2.45, 2.75) is 6.92 Å². The Morgan fingerprint density at radius 1 is 1.07 bits per heavy atom. The minimum absolute atomic E-state index is 0.304. The van der Waals surface area contributed by atoms with Gasteiger partial charge in [-0.05, 0) is 24.1 Å². The zero-order chi connectivity index (χ0) is 19.7. The van der Waals surface area contributed by atoms with Crippen molar-refractivity contribution in [1.29, 1.82) is 0 Å². The Hall–Kier alpha value is -3.74. The van der Waals surface area contributed by atoms with E-state index in [-0.39, 0.29) is 0 Å². The van der Waals surface area contributed by atoms with Crippen LogP contribution in [0, 0.1) is 0 Å². The van der Waals surface area contributed by atoms with Crippen molar-refractivity contribution in [3.8, 4) is 22.3 Å². The van der Waals surface area contributed by atoms with Crippen LogP contribution in [0.25, 0.3) is 33.2 Å². The number of rotatable bonds is 4. The molecule has 0 amide bonds. The van der Waals surface area contributed by atoms with Crippen molar-refractivity contribution in [3.63, 3.8) is 0 Å². The molecule has 2 N–H and O–H groups in total. The molecule has 0 bridgehead atoms. The third kappa shape index (κ3) is 3.18. The molecule has 4 aromatic rings. The molecule has 0 spiro atoms. The van der Waals surface area contributed by atoms with E-state index in [9.17, 15) is 4.79 Å². The zero-order valence-corrected chi connectivity index (χ0v) is 15.6. The van der Waals surface area contributed by atoms with Crippen molar-refractivity contribution in [2.24, 2.45) is 7.05 Å². The highest BCUT2D eigenvalue weighted by atomic mass is 16.5. The predicted octanol–water partition coefficient (Wildman–Crippen LogP) is 3.46. The molecule has 0 saturated carbocycles. The normalized spacial score (nSPS) is 10.9. The Morgan fingerprint density at radius 3 is 2.50 bits per heavy atom. The van der Waals surface area contributed by atoms with E-state index in [0.29, 0.717) is 23.5 Å². The van der Waals surface area contributed by atoms with Gasteiger partial charge in [0.25, 0.3) is 0 Å². The van der Waals surface area contributed by atoms with Crippen molar-refractivity contribution >= 4 is 22.7 Å². The maximum atomic E-state index is 12.1. The Morgan fingerprint density at radius 2 is 1.82 bits per heavy atom. The van der Waals surface area contributed by atoms with E-state index in [4.69, 9.17) is 10.5 Å². The first kappa shape index (κ1) is 17.7. The highest BCUT2D eigenvalue weighted by molar-refractivity contribution is 6.02. The van der Waals surface area contributed by atoms with Crippen molar-refractivity contribution in [1.82, 2.24) is 19.7 Å². The largest absolute Gasteiger partial charge is 0.462 e. The summed E-state index contributed by atoms with van der Waals surface area (Å²) in [6.45, 7) is 2.07. The number of nitrogen functional groups attached to an aromatic ring is 1. The maximum Gasteiger partial charge on any atom is 0.339 e. The Kier molecular flexibility index (Phi) is 4.49. The second-order valence-corrected chi connectivity index (χ2v) is 6.38. The number of nitrogens with two attached hydrogens (primary N) is 1. The number of hydrogen-bond acceptors (Lipinski definition) is 6. The summed E-state index contributed by atoms with van der Waals surface area (Å²) in [4.78, 5) is 20.7. The average Bonchev–Trinajstić information content (AvgIpc) is 3.15. The van der Waals surface area contributed by atoms with Gasteiger partial charge in [-0.25, -0.2) is 9.78 Å². The number of hydrogen-bond donors (Lipinski definition) is 1. The van der Waals surface area contributed by atoms with E-state index in [1.807, 2.05) is 43.7 Å². The molecule has 1 aromatic carbocycles. The monoisotopic (exact) mass is 373 g/mol. The second-order valence-electron chi connectivity index (χ2n) is 6.38.